The Morgan fingerprint density at radius 1 is 1.16 bits per heavy atom. The molecule has 1 heterocycles. The van der Waals surface area contributed by atoms with E-state index in [2.05, 4.69) is 4.98 Å². The molecule has 0 fully saturated rings. The number of aromatic nitrogens is 1. The van der Waals surface area contributed by atoms with E-state index in [0.717, 1.165) is 22.2 Å². The number of nitrogens with two attached hydrogens (primary N) is 1. The summed E-state index contributed by atoms with van der Waals surface area (Å²) in [6.07, 6.45) is 0. The highest BCUT2D eigenvalue weighted by molar-refractivity contribution is 5.93. The normalized spacial score (nSPS) is 10.8. The van der Waals surface area contributed by atoms with Crippen molar-refractivity contribution in [2.45, 2.75) is 6.92 Å². The molecule has 0 radical (unpaired) electrons. The molecule has 94 valence electrons. The summed E-state index contributed by atoms with van der Waals surface area (Å²) in [5.41, 5.74) is 9.19. The lowest BCUT2D eigenvalue weighted by Gasteiger charge is -1.97. The van der Waals surface area contributed by atoms with Gasteiger partial charge in [-0.3, -0.25) is 4.79 Å². The van der Waals surface area contributed by atoms with E-state index in [1.165, 1.54) is 0 Å². The number of nitrogens with zero attached hydrogens (tertiary/aromatic N) is 1. The van der Waals surface area contributed by atoms with Crippen LogP contribution in [-0.2, 0) is 0 Å². The van der Waals surface area contributed by atoms with E-state index >= 15 is 0 Å². The lowest BCUT2D eigenvalue weighted by Crippen LogP contribution is -2.10. The quantitative estimate of drug-likeness (QED) is 0.762. The summed E-state index contributed by atoms with van der Waals surface area (Å²) in [4.78, 5) is 15.4. The largest absolute Gasteiger partial charge is 0.436 e. The first kappa shape index (κ1) is 11.5. The molecule has 2 N–H and O–H groups in total. The molecule has 0 bridgehead atoms. The number of fused-ring (bicyclic) bond motifs is 1. The Morgan fingerprint density at radius 2 is 1.89 bits per heavy atom. The molecule has 0 spiro atoms. The van der Waals surface area contributed by atoms with Gasteiger partial charge in [-0.25, -0.2) is 4.98 Å². The molecule has 1 aromatic heterocycles. The molecule has 0 saturated heterocycles. The van der Waals surface area contributed by atoms with Gasteiger partial charge in [0.25, 0.3) is 0 Å². The van der Waals surface area contributed by atoms with Gasteiger partial charge in [-0.05, 0) is 48.9 Å². The van der Waals surface area contributed by atoms with Crippen LogP contribution in [0, 0.1) is 6.92 Å². The van der Waals surface area contributed by atoms with E-state index in [9.17, 15) is 4.79 Å². The zero-order valence-corrected chi connectivity index (χ0v) is 10.4. The van der Waals surface area contributed by atoms with Crippen LogP contribution in [0.25, 0.3) is 22.6 Å². The van der Waals surface area contributed by atoms with Crippen molar-refractivity contribution in [3.8, 4) is 11.5 Å². The summed E-state index contributed by atoms with van der Waals surface area (Å²) >= 11 is 0. The first-order chi connectivity index (χ1) is 9.13. The first-order valence-corrected chi connectivity index (χ1v) is 5.91. The van der Waals surface area contributed by atoms with Crippen molar-refractivity contribution in [3.05, 3.63) is 53.6 Å². The van der Waals surface area contributed by atoms with Crippen LogP contribution in [0.15, 0.2) is 46.9 Å². The average Bonchev–Trinajstić information content (AvgIpc) is 2.81. The highest BCUT2D eigenvalue weighted by Crippen LogP contribution is 2.25. The third-order valence-corrected chi connectivity index (χ3v) is 2.96. The minimum Gasteiger partial charge on any atom is -0.436 e. The van der Waals surface area contributed by atoms with Crippen LogP contribution in [0.2, 0.25) is 0 Å². The molecule has 1 amide bonds. The second-order valence-electron chi connectivity index (χ2n) is 4.43. The summed E-state index contributed by atoms with van der Waals surface area (Å²) in [7, 11) is 0. The van der Waals surface area contributed by atoms with E-state index < -0.39 is 5.91 Å². The monoisotopic (exact) mass is 252 g/mol. The maximum absolute atomic E-state index is 11.0. The Labute approximate surface area is 109 Å². The fraction of sp³-hybridized carbons (Fsp3) is 0.0667. The van der Waals surface area contributed by atoms with E-state index in [0.29, 0.717) is 11.5 Å². The van der Waals surface area contributed by atoms with Gasteiger partial charge < -0.3 is 10.2 Å². The molecule has 3 rings (SSSR count). The third kappa shape index (κ3) is 2.08. The lowest BCUT2D eigenvalue weighted by molar-refractivity contribution is 0.100. The van der Waals surface area contributed by atoms with Crippen LogP contribution in [0.4, 0.5) is 0 Å². The number of oxazole rings is 1. The first-order valence-electron chi connectivity index (χ1n) is 5.91. The van der Waals surface area contributed by atoms with E-state index in [1.807, 2.05) is 25.1 Å². The smallest absolute Gasteiger partial charge is 0.248 e. The summed E-state index contributed by atoms with van der Waals surface area (Å²) in [5, 5.41) is 0. The van der Waals surface area contributed by atoms with Gasteiger partial charge in [0.1, 0.15) is 5.52 Å². The van der Waals surface area contributed by atoms with Gasteiger partial charge in [0.15, 0.2) is 5.58 Å². The average molecular weight is 252 g/mol. The van der Waals surface area contributed by atoms with E-state index in [-0.39, 0.29) is 0 Å². The van der Waals surface area contributed by atoms with Gasteiger partial charge in [0.05, 0.1) is 0 Å². The highest BCUT2D eigenvalue weighted by atomic mass is 16.3. The molecule has 19 heavy (non-hydrogen) atoms. The van der Waals surface area contributed by atoms with Crippen molar-refractivity contribution in [3.63, 3.8) is 0 Å². The fourth-order valence-corrected chi connectivity index (χ4v) is 1.93. The van der Waals surface area contributed by atoms with Crippen LogP contribution < -0.4 is 5.73 Å². The van der Waals surface area contributed by atoms with Crippen molar-refractivity contribution < 1.29 is 9.21 Å². The van der Waals surface area contributed by atoms with Crippen LogP contribution in [0.3, 0.4) is 0 Å². The predicted molar refractivity (Wildman–Crippen MR) is 72.7 cm³/mol. The van der Waals surface area contributed by atoms with Gasteiger partial charge in [-0.2, -0.15) is 0 Å². The van der Waals surface area contributed by atoms with Crippen LogP contribution in [-0.4, -0.2) is 10.9 Å². The highest BCUT2D eigenvalue weighted by Gasteiger charge is 2.09. The molecule has 0 aliphatic heterocycles. The molecule has 4 heteroatoms. The Bertz CT molecular complexity index is 757. The summed E-state index contributed by atoms with van der Waals surface area (Å²) < 4.78 is 5.71. The molecular weight excluding hydrogens is 240 g/mol. The molecule has 4 nitrogen and oxygen atoms in total. The number of benzene rings is 2. The molecule has 0 unspecified atom stereocenters. The van der Waals surface area contributed by atoms with Crippen molar-refractivity contribution in [2.75, 3.05) is 0 Å². The summed E-state index contributed by atoms with van der Waals surface area (Å²) in [6, 6.07) is 12.7. The summed E-state index contributed by atoms with van der Waals surface area (Å²) in [6.45, 7) is 2.00. The van der Waals surface area contributed by atoms with Crippen LogP contribution in [0.5, 0.6) is 0 Å². The van der Waals surface area contributed by atoms with E-state index in [1.54, 1.807) is 24.3 Å². The minimum absolute atomic E-state index is 0.445. The van der Waals surface area contributed by atoms with Gasteiger partial charge in [0.2, 0.25) is 11.8 Å². The number of carbonyl (C=O) groups excluding carboxylic acids is 1. The zero-order chi connectivity index (χ0) is 13.4. The number of hydrogen-bond donors (Lipinski definition) is 1. The number of amides is 1. The molecule has 0 saturated carbocycles. The minimum atomic E-state index is -0.445. The second kappa shape index (κ2) is 4.24. The number of primary amides is 1. The van der Waals surface area contributed by atoms with Crippen molar-refractivity contribution in [1.82, 2.24) is 4.98 Å². The van der Waals surface area contributed by atoms with Crippen LogP contribution in [0.1, 0.15) is 15.9 Å². The Morgan fingerprint density at radius 3 is 2.58 bits per heavy atom. The topological polar surface area (TPSA) is 69.1 Å². The molecule has 2 aromatic carbocycles. The van der Waals surface area contributed by atoms with Gasteiger partial charge in [0, 0.05) is 11.1 Å². The number of rotatable bonds is 2. The Hall–Kier alpha value is -2.62. The maximum atomic E-state index is 11.0. The third-order valence-electron chi connectivity index (χ3n) is 2.96. The Kier molecular flexibility index (Phi) is 2.56. The number of hydrogen-bond acceptors (Lipinski definition) is 3. The van der Waals surface area contributed by atoms with Crippen molar-refractivity contribution in [1.29, 1.82) is 0 Å². The van der Waals surface area contributed by atoms with Gasteiger partial charge in [-0.15, -0.1) is 0 Å². The second-order valence-corrected chi connectivity index (χ2v) is 4.43. The van der Waals surface area contributed by atoms with Crippen molar-refractivity contribution >= 4 is 17.0 Å². The zero-order valence-electron chi connectivity index (χ0n) is 10.4. The van der Waals surface area contributed by atoms with Gasteiger partial charge >= 0.3 is 0 Å². The van der Waals surface area contributed by atoms with Crippen molar-refractivity contribution in [2.24, 2.45) is 5.73 Å². The molecule has 3 aromatic rings. The standard InChI is InChI=1S/C15H12N2O2/c1-9-2-7-12-13(8-9)19-15(17-12)11-5-3-10(4-6-11)14(16)18/h2-8H,1H3,(H2,16,18). The number of aryl methyl sites for hydroxylation is 1. The molecular formula is C15H12N2O2. The van der Waals surface area contributed by atoms with E-state index in [4.69, 9.17) is 10.2 Å². The molecule has 0 atom stereocenters. The predicted octanol–water partition coefficient (Wildman–Crippen LogP) is 2.90. The fourth-order valence-electron chi connectivity index (χ4n) is 1.93. The number of carbonyl (C=O) groups is 1. The summed E-state index contributed by atoms with van der Waals surface area (Å²) in [5.74, 6) is 0.0939. The maximum Gasteiger partial charge on any atom is 0.248 e. The molecule has 0 aliphatic carbocycles. The molecule has 0 aliphatic rings. The Balaban J connectivity index is 2.06. The SMILES string of the molecule is Cc1ccc2nc(-c3ccc(C(N)=O)cc3)oc2c1. The van der Waals surface area contributed by atoms with Crippen LogP contribution >= 0.6 is 0 Å². The lowest BCUT2D eigenvalue weighted by atomic mass is 10.1. The van der Waals surface area contributed by atoms with Gasteiger partial charge in [-0.1, -0.05) is 6.07 Å².